The molecular formula is C18H26ClN5O2S. The van der Waals surface area contributed by atoms with Gasteiger partial charge in [0.1, 0.15) is 5.69 Å². The highest BCUT2D eigenvalue weighted by atomic mass is 35.5. The third-order valence-electron chi connectivity index (χ3n) is 4.66. The number of aromatic nitrogens is 3. The van der Waals surface area contributed by atoms with Crippen LogP contribution in [0.25, 0.3) is 5.69 Å². The van der Waals surface area contributed by atoms with Crippen LogP contribution in [0, 0.1) is 5.92 Å². The molecule has 3 rings (SSSR count). The fraction of sp³-hybridized carbons (Fsp3) is 0.556. The zero-order chi connectivity index (χ0) is 19.2. The van der Waals surface area contributed by atoms with Crippen molar-refractivity contribution in [3.63, 3.8) is 0 Å². The summed E-state index contributed by atoms with van der Waals surface area (Å²) in [5.41, 5.74) is 5.16. The summed E-state index contributed by atoms with van der Waals surface area (Å²) in [5, 5.41) is 11.1. The van der Waals surface area contributed by atoms with Gasteiger partial charge in [-0.3, -0.25) is 4.21 Å². The molecule has 2 aromatic rings. The molecule has 9 heteroatoms. The van der Waals surface area contributed by atoms with Crippen LogP contribution in [0.2, 0.25) is 5.02 Å². The summed E-state index contributed by atoms with van der Waals surface area (Å²) in [4.78, 5) is 1.51. The number of piperidine rings is 1. The van der Waals surface area contributed by atoms with Crippen LogP contribution in [-0.2, 0) is 15.5 Å². The number of nitrogens with zero attached hydrogens (tertiary/aromatic N) is 4. The fourth-order valence-corrected chi connectivity index (χ4v) is 3.74. The number of ether oxygens (including phenoxy) is 1. The van der Waals surface area contributed by atoms with Gasteiger partial charge in [0.2, 0.25) is 0 Å². The summed E-state index contributed by atoms with van der Waals surface area (Å²) in [6, 6.07) is 6.00. The molecule has 0 bridgehead atoms. The van der Waals surface area contributed by atoms with E-state index in [1.807, 2.05) is 18.2 Å². The molecule has 1 fully saturated rings. The molecule has 1 aromatic carbocycles. The van der Waals surface area contributed by atoms with E-state index in [1.54, 1.807) is 18.6 Å². The van der Waals surface area contributed by atoms with Gasteiger partial charge in [-0.1, -0.05) is 18.5 Å². The maximum absolute atomic E-state index is 11.2. The van der Waals surface area contributed by atoms with Gasteiger partial charge in [0.15, 0.2) is 0 Å². The van der Waals surface area contributed by atoms with E-state index in [9.17, 15) is 4.21 Å². The van der Waals surface area contributed by atoms with E-state index in [-0.39, 0.29) is 6.04 Å². The summed E-state index contributed by atoms with van der Waals surface area (Å²) in [6.45, 7) is 4.36. The fourth-order valence-electron chi connectivity index (χ4n) is 3.19. The van der Waals surface area contributed by atoms with Crippen molar-refractivity contribution in [2.45, 2.75) is 25.8 Å². The Bertz CT molecular complexity index is 758. The SMILES string of the molecule is C[C@H]1CCN(Nc2ccc(Cl)c(-n3nccn3)c2)C(COCCS(C)=O)C1. The summed E-state index contributed by atoms with van der Waals surface area (Å²) in [7, 11) is -0.820. The highest BCUT2D eigenvalue weighted by molar-refractivity contribution is 7.84. The molecule has 1 aliphatic heterocycles. The highest BCUT2D eigenvalue weighted by Crippen LogP contribution is 2.27. The molecule has 2 unspecified atom stereocenters. The van der Waals surface area contributed by atoms with Crippen LogP contribution in [0.1, 0.15) is 19.8 Å². The van der Waals surface area contributed by atoms with E-state index in [1.165, 1.54) is 4.80 Å². The molecule has 0 radical (unpaired) electrons. The largest absolute Gasteiger partial charge is 0.379 e. The van der Waals surface area contributed by atoms with E-state index in [0.29, 0.717) is 29.9 Å². The monoisotopic (exact) mass is 411 g/mol. The molecule has 7 nitrogen and oxygen atoms in total. The Morgan fingerprint density at radius 2 is 2.15 bits per heavy atom. The Kier molecular flexibility index (Phi) is 7.23. The first-order chi connectivity index (χ1) is 13.0. The van der Waals surface area contributed by atoms with Gasteiger partial charge >= 0.3 is 0 Å². The van der Waals surface area contributed by atoms with Crippen LogP contribution in [-0.4, -0.2) is 62.0 Å². The molecule has 27 heavy (non-hydrogen) atoms. The molecule has 1 aromatic heterocycles. The second-order valence-corrected chi connectivity index (χ2v) is 8.89. The minimum absolute atomic E-state index is 0.265. The summed E-state index contributed by atoms with van der Waals surface area (Å²) >= 11 is 6.30. The molecule has 0 saturated carbocycles. The molecule has 0 spiro atoms. The Morgan fingerprint density at radius 3 is 2.89 bits per heavy atom. The lowest BCUT2D eigenvalue weighted by molar-refractivity contribution is 0.0462. The van der Waals surface area contributed by atoms with E-state index >= 15 is 0 Å². The van der Waals surface area contributed by atoms with Crippen molar-refractivity contribution >= 4 is 28.1 Å². The van der Waals surface area contributed by atoms with Gasteiger partial charge in [-0.05, 0) is 37.0 Å². The minimum atomic E-state index is -0.820. The first-order valence-electron chi connectivity index (χ1n) is 9.10. The molecule has 3 atom stereocenters. The second kappa shape index (κ2) is 9.64. The van der Waals surface area contributed by atoms with E-state index < -0.39 is 10.8 Å². The van der Waals surface area contributed by atoms with Crippen molar-refractivity contribution in [1.29, 1.82) is 0 Å². The molecule has 0 amide bonds. The first-order valence-corrected chi connectivity index (χ1v) is 11.2. The van der Waals surface area contributed by atoms with Crippen molar-refractivity contribution in [3.05, 3.63) is 35.6 Å². The average Bonchev–Trinajstić information content (AvgIpc) is 3.16. The van der Waals surface area contributed by atoms with Crippen LogP contribution < -0.4 is 5.43 Å². The van der Waals surface area contributed by atoms with E-state index in [2.05, 4.69) is 27.6 Å². The maximum atomic E-state index is 11.2. The van der Waals surface area contributed by atoms with Gasteiger partial charge in [-0.15, -0.1) is 0 Å². The van der Waals surface area contributed by atoms with Gasteiger partial charge < -0.3 is 10.2 Å². The average molecular weight is 412 g/mol. The van der Waals surface area contributed by atoms with E-state index in [0.717, 1.165) is 30.8 Å². The second-order valence-electron chi connectivity index (χ2n) is 6.93. The van der Waals surface area contributed by atoms with Gasteiger partial charge in [0.05, 0.1) is 42.4 Å². The van der Waals surface area contributed by atoms with Crippen LogP contribution in [0.15, 0.2) is 30.6 Å². The standard InChI is InChI=1S/C18H26ClN5O2S/c1-14-5-8-23(16(11-14)13-26-9-10-27(2)25)22-15-3-4-17(19)18(12-15)24-20-6-7-21-24/h3-4,6-7,12,14,16,22H,5,8-11,13H2,1-2H3/t14-,16?,27?/m0/s1. The minimum Gasteiger partial charge on any atom is -0.379 e. The zero-order valence-electron chi connectivity index (χ0n) is 15.7. The quantitative estimate of drug-likeness (QED) is 0.673. The summed E-state index contributed by atoms with van der Waals surface area (Å²) < 4.78 is 17.0. The number of hydrogen-bond donors (Lipinski definition) is 1. The Balaban J connectivity index is 1.66. The smallest absolute Gasteiger partial charge is 0.106 e. The number of benzene rings is 1. The predicted octanol–water partition coefficient (Wildman–Crippen LogP) is 2.74. The Hall–Kier alpha value is -1.48. The third-order valence-corrected chi connectivity index (χ3v) is 5.72. The number of hydrazine groups is 1. The lowest BCUT2D eigenvalue weighted by atomic mass is 9.94. The van der Waals surface area contributed by atoms with Crippen molar-refractivity contribution < 1.29 is 8.95 Å². The normalized spacial score (nSPS) is 21.9. The topological polar surface area (TPSA) is 72.3 Å². The van der Waals surface area contributed by atoms with Crippen molar-refractivity contribution in [2.75, 3.05) is 37.2 Å². The molecule has 1 saturated heterocycles. The number of nitrogens with one attached hydrogen (secondary N) is 1. The van der Waals surface area contributed by atoms with Crippen molar-refractivity contribution in [3.8, 4) is 5.69 Å². The zero-order valence-corrected chi connectivity index (χ0v) is 17.2. The number of anilines is 1. The van der Waals surface area contributed by atoms with Gasteiger partial charge in [-0.25, -0.2) is 5.01 Å². The van der Waals surface area contributed by atoms with Gasteiger partial charge in [0.25, 0.3) is 0 Å². The van der Waals surface area contributed by atoms with Crippen LogP contribution >= 0.6 is 11.6 Å². The molecule has 0 aliphatic carbocycles. The van der Waals surface area contributed by atoms with Crippen LogP contribution in [0.5, 0.6) is 0 Å². The first kappa shape index (κ1) is 20.3. The summed E-state index contributed by atoms with van der Waals surface area (Å²) in [5.74, 6) is 1.23. The maximum Gasteiger partial charge on any atom is 0.106 e. The molecular weight excluding hydrogens is 386 g/mol. The van der Waals surface area contributed by atoms with Gasteiger partial charge in [-0.2, -0.15) is 15.0 Å². The summed E-state index contributed by atoms with van der Waals surface area (Å²) in [6.07, 6.45) is 7.14. The van der Waals surface area contributed by atoms with Gasteiger partial charge in [0, 0.05) is 29.4 Å². The number of hydrogen-bond acceptors (Lipinski definition) is 6. The lowest BCUT2D eigenvalue weighted by Gasteiger charge is -2.39. The highest BCUT2D eigenvalue weighted by Gasteiger charge is 2.27. The number of halogens is 1. The Labute approximate surface area is 167 Å². The molecule has 1 N–H and O–H groups in total. The van der Waals surface area contributed by atoms with Crippen molar-refractivity contribution in [1.82, 2.24) is 20.0 Å². The third kappa shape index (κ3) is 5.75. The van der Waals surface area contributed by atoms with Crippen LogP contribution in [0.3, 0.4) is 0 Å². The van der Waals surface area contributed by atoms with Crippen LogP contribution in [0.4, 0.5) is 5.69 Å². The molecule has 1 aliphatic rings. The molecule has 148 valence electrons. The lowest BCUT2D eigenvalue weighted by Crippen LogP contribution is -2.48. The van der Waals surface area contributed by atoms with Crippen molar-refractivity contribution in [2.24, 2.45) is 5.92 Å². The Morgan fingerprint density at radius 1 is 1.37 bits per heavy atom. The predicted molar refractivity (Wildman–Crippen MR) is 109 cm³/mol. The van der Waals surface area contributed by atoms with E-state index in [4.69, 9.17) is 16.3 Å². The molecule has 2 heterocycles. The number of rotatable bonds is 8.